The molecule has 1 N–H and O–H groups in total. The highest BCUT2D eigenvalue weighted by Crippen LogP contribution is 2.53. The van der Waals surface area contributed by atoms with Crippen LogP contribution in [0.5, 0.6) is 0 Å². The minimum atomic E-state index is -3.84. The third-order valence-corrected chi connectivity index (χ3v) is 6.41. The van der Waals surface area contributed by atoms with Crippen LogP contribution >= 0.6 is 7.82 Å². The van der Waals surface area contributed by atoms with E-state index in [-0.39, 0.29) is 13.2 Å². The number of aliphatic hydroxyl groups is 1. The summed E-state index contributed by atoms with van der Waals surface area (Å²) in [4.78, 5) is 0. The highest BCUT2D eigenvalue weighted by atomic mass is 31.2. The van der Waals surface area contributed by atoms with Crippen molar-refractivity contribution in [3.05, 3.63) is 114 Å². The molecule has 0 aromatic heterocycles. The van der Waals surface area contributed by atoms with E-state index in [2.05, 4.69) is 0 Å². The molecule has 2 atom stereocenters. The fourth-order valence-corrected chi connectivity index (χ4v) is 4.59. The number of hydrogen-bond donors (Lipinski definition) is 1. The molecule has 3 aromatic carbocycles. The molecular formula is C26H29O5P. The van der Waals surface area contributed by atoms with Gasteiger partial charge >= 0.3 is 7.82 Å². The van der Waals surface area contributed by atoms with E-state index in [0.29, 0.717) is 11.3 Å². The van der Waals surface area contributed by atoms with Gasteiger partial charge in [-0.15, -0.1) is 0 Å². The first-order valence-electron chi connectivity index (χ1n) is 10.7. The van der Waals surface area contributed by atoms with E-state index in [0.717, 1.165) is 11.1 Å². The maximum absolute atomic E-state index is 13.2. The number of phosphoric ester groups is 1. The molecule has 168 valence electrons. The molecule has 5 nitrogen and oxygen atoms in total. The van der Waals surface area contributed by atoms with Crippen LogP contribution < -0.4 is 0 Å². The topological polar surface area (TPSA) is 65.0 Å². The van der Waals surface area contributed by atoms with Crippen LogP contribution in [0.4, 0.5) is 0 Å². The van der Waals surface area contributed by atoms with E-state index in [1.165, 1.54) is 0 Å². The zero-order valence-electron chi connectivity index (χ0n) is 18.3. The van der Waals surface area contributed by atoms with Gasteiger partial charge in [0.2, 0.25) is 0 Å². The highest BCUT2D eigenvalue weighted by molar-refractivity contribution is 7.48. The number of aliphatic hydroxyl groups excluding tert-OH is 1. The molecule has 0 unspecified atom stereocenters. The standard InChI is InChI=1S/C26H29O5P/c1-3-29-32(28,30-4-2)31-25(22-16-10-6-11-17-22)20-24(21-14-8-5-9-15-21)26(27)23-18-12-7-13-19-23/h5-20,24,26-27H,3-4H2,1-2H3/b25-20-/t24-,26-/m1/s1. The van der Waals surface area contributed by atoms with Crippen LogP contribution in [-0.4, -0.2) is 18.3 Å². The number of phosphoric acid groups is 1. The lowest BCUT2D eigenvalue weighted by atomic mass is 9.88. The van der Waals surface area contributed by atoms with Gasteiger partial charge in [-0.1, -0.05) is 91.0 Å². The molecule has 0 saturated carbocycles. The summed E-state index contributed by atoms with van der Waals surface area (Å²) in [5.41, 5.74) is 2.36. The first-order chi connectivity index (χ1) is 15.6. The largest absolute Gasteiger partial charge is 0.530 e. The fourth-order valence-electron chi connectivity index (χ4n) is 3.37. The van der Waals surface area contributed by atoms with Crippen LogP contribution in [0.3, 0.4) is 0 Å². The summed E-state index contributed by atoms with van der Waals surface area (Å²) in [5, 5.41) is 11.3. The van der Waals surface area contributed by atoms with Gasteiger partial charge in [-0.2, -0.15) is 0 Å². The van der Waals surface area contributed by atoms with Crippen molar-refractivity contribution < 1.29 is 23.2 Å². The second kappa shape index (κ2) is 11.8. The van der Waals surface area contributed by atoms with Crippen molar-refractivity contribution in [3.8, 4) is 0 Å². The average molecular weight is 452 g/mol. The van der Waals surface area contributed by atoms with Gasteiger partial charge in [-0.05, 0) is 31.1 Å². The Balaban J connectivity index is 2.10. The molecule has 0 fully saturated rings. The van der Waals surface area contributed by atoms with Gasteiger partial charge in [-0.3, -0.25) is 9.05 Å². The predicted molar refractivity (Wildman–Crippen MR) is 127 cm³/mol. The van der Waals surface area contributed by atoms with Gasteiger partial charge in [0.05, 0.1) is 19.3 Å². The second-order valence-electron chi connectivity index (χ2n) is 7.06. The van der Waals surface area contributed by atoms with Crippen molar-refractivity contribution in [2.75, 3.05) is 13.2 Å². The van der Waals surface area contributed by atoms with Gasteiger partial charge in [0.15, 0.2) is 0 Å². The van der Waals surface area contributed by atoms with E-state index in [4.69, 9.17) is 13.6 Å². The summed E-state index contributed by atoms with van der Waals surface area (Å²) in [6.07, 6.45) is 0.937. The van der Waals surface area contributed by atoms with Crippen LogP contribution in [0.1, 0.15) is 42.6 Å². The van der Waals surface area contributed by atoms with E-state index in [1.54, 1.807) is 19.9 Å². The zero-order chi connectivity index (χ0) is 22.8. The van der Waals surface area contributed by atoms with Crippen molar-refractivity contribution in [2.24, 2.45) is 0 Å². The summed E-state index contributed by atoms with van der Waals surface area (Å²) in [7, 11) is -3.84. The first-order valence-corrected chi connectivity index (χ1v) is 12.2. The third-order valence-electron chi connectivity index (χ3n) is 4.84. The van der Waals surface area contributed by atoms with Crippen molar-refractivity contribution in [1.82, 2.24) is 0 Å². The third kappa shape index (κ3) is 6.41. The molecule has 0 heterocycles. The first kappa shape index (κ1) is 24.0. The quantitative estimate of drug-likeness (QED) is 0.258. The molecule has 3 aromatic rings. The van der Waals surface area contributed by atoms with Crippen LogP contribution in [0, 0.1) is 0 Å². The summed E-state index contributed by atoms with van der Waals surface area (Å²) in [6, 6.07) is 28.4. The molecule has 32 heavy (non-hydrogen) atoms. The molecule has 0 aliphatic carbocycles. The Kier molecular flexibility index (Phi) is 8.83. The Hall–Kier alpha value is -2.69. The van der Waals surface area contributed by atoms with Crippen LogP contribution in [0.25, 0.3) is 5.76 Å². The Bertz CT molecular complexity index is 1010. The summed E-state index contributed by atoms with van der Waals surface area (Å²) in [6.45, 7) is 3.81. The second-order valence-corrected chi connectivity index (χ2v) is 8.66. The lowest BCUT2D eigenvalue weighted by Gasteiger charge is -2.24. The molecule has 0 radical (unpaired) electrons. The normalized spacial score (nSPS) is 14.0. The van der Waals surface area contributed by atoms with Crippen molar-refractivity contribution in [3.63, 3.8) is 0 Å². The van der Waals surface area contributed by atoms with Gasteiger partial charge in [0.25, 0.3) is 0 Å². The average Bonchev–Trinajstić information content (AvgIpc) is 2.83. The Labute approximate surface area is 189 Å². The molecule has 0 spiro atoms. The van der Waals surface area contributed by atoms with E-state index < -0.39 is 19.8 Å². The maximum atomic E-state index is 13.2. The molecule has 0 bridgehead atoms. The highest BCUT2D eigenvalue weighted by Gasteiger charge is 2.30. The summed E-state index contributed by atoms with van der Waals surface area (Å²) >= 11 is 0. The van der Waals surface area contributed by atoms with E-state index in [1.807, 2.05) is 91.0 Å². The molecular weight excluding hydrogens is 423 g/mol. The minimum absolute atomic E-state index is 0.175. The Morgan fingerprint density at radius 1 is 0.812 bits per heavy atom. The van der Waals surface area contributed by atoms with Crippen molar-refractivity contribution >= 4 is 13.6 Å². The number of hydrogen-bond acceptors (Lipinski definition) is 5. The molecule has 0 aliphatic heterocycles. The smallest absolute Gasteiger partial charge is 0.404 e. The minimum Gasteiger partial charge on any atom is -0.404 e. The molecule has 0 amide bonds. The van der Waals surface area contributed by atoms with Crippen LogP contribution in [0.15, 0.2) is 97.1 Å². The van der Waals surface area contributed by atoms with Crippen LogP contribution in [-0.2, 0) is 18.1 Å². The monoisotopic (exact) mass is 452 g/mol. The number of rotatable bonds is 11. The van der Waals surface area contributed by atoms with Gasteiger partial charge in [0, 0.05) is 11.5 Å². The summed E-state index contributed by atoms with van der Waals surface area (Å²) < 4.78 is 29.8. The predicted octanol–water partition coefficient (Wildman–Crippen LogP) is 6.74. The molecule has 0 saturated heterocycles. The van der Waals surface area contributed by atoms with Crippen molar-refractivity contribution in [1.29, 1.82) is 0 Å². The van der Waals surface area contributed by atoms with E-state index in [9.17, 15) is 9.67 Å². The summed E-state index contributed by atoms with van der Waals surface area (Å²) in [5.74, 6) is -0.148. The SMILES string of the molecule is CCOP(=O)(OCC)O/C(=C\[C@H](c1ccccc1)[C@H](O)c1ccccc1)c1ccccc1. The Morgan fingerprint density at radius 2 is 1.28 bits per heavy atom. The van der Waals surface area contributed by atoms with Crippen molar-refractivity contribution in [2.45, 2.75) is 25.9 Å². The lowest BCUT2D eigenvalue weighted by molar-refractivity contribution is 0.153. The fraction of sp³-hybridized carbons (Fsp3) is 0.231. The molecule has 0 aliphatic rings. The molecule has 6 heteroatoms. The van der Waals surface area contributed by atoms with Gasteiger partial charge in [-0.25, -0.2) is 4.57 Å². The maximum Gasteiger partial charge on any atom is 0.530 e. The molecule has 3 rings (SSSR count). The Morgan fingerprint density at radius 3 is 1.78 bits per heavy atom. The number of benzene rings is 3. The van der Waals surface area contributed by atoms with E-state index >= 15 is 0 Å². The lowest BCUT2D eigenvalue weighted by Crippen LogP contribution is -2.10. The van der Waals surface area contributed by atoms with Gasteiger partial charge in [0.1, 0.15) is 5.76 Å². The van der Waals surface area contributed by atoms with Gasteiger partial charge < -0.3 is 9.63 Å². The van der Waals surface area contributed by atoms with Crippen LogP contribution in [0.2, 0.25) is 0 Å². The zero-order valence-corrected chi connectivity index (χ0v) is 19.2.